The second-order valence-electron chi connectivity index (χ2n) is 10.3. The van der Waals surface area contributed by atoms with Crippen LogP contribution in [0.5, 0.6) is 0 Å². The maximum Gasteiger partial charge on any atom is 0.239 e. The van der Waals surface area contributed by atoms with Crippen LogP contribution in [-0.4, -0.2) is 65.9 Å². The third kappa shape index (κ3) is 7.22. The van der Waals surface area contributed by atoms with Gasteiger partial charge in [-0.2, -0.15) is 0 Å². The van der Waals surface area contributed by atoms with Crippen molar-refractivity contribution < 1.29 is 9.59 Å². The number of benzene rings is 1. The van der Waals surface area contributed by atoms with Gasteiger partial charge in [-0.3, -0.25) is 15.0 Å². The highest BCUT2D eigenvalue weighted by atomic mass is 16.2. The van der Waals surface area contributed by atoms with Gasteiger partial charge in [0.2, 0.25) is 11.8 Å². The fraction of sp³-hybridized carbons (Fsp3) is 0.593. The molecular weight excluding hydrogens is 454 g/mol. The van der Waals surface area contributed by atoms with Crippen molar-refractivity contribution in [2.24, 2.45) is 11.7 Å². The Kier molecular flexibility index (Phi) is 9.22. The van der Waals surface area contributed by atoms with E-state index in [1.165, 1.54) is 32.1 Å². The highest BCUT2D eigenvalue weighted by Crippen LogP contribution is 2.25. The molecule has 1 saturated heterocycles. The first-order chi connectivity index (χ1) is 17.5. The summed E-state index contributed by atoms with van der Waals surface area (Å²) < 4.78 is 0. The number of aromatic amines is 1. The largest absolute Gasteiger partial charge is 0.370 e. The van der Waals surface area contributed by atoms with Crippen LogP contribution < -0.4 is 21.7 Å². The molecule has 0 radical (unpaired) electrons. The number of hydrogen-bond acceptors (Lipinski definition) is 4. The Bertz CT molecular complexity index is 1030. The molecule has 0 spiro atoms. The summed E-state index contributed by atoms with van der Waals surface area (Å²) in [5, 5.41) is 17.9. The van der Waals surface area contributed by atoms with Gasteiger partial charge >= 0.3 is 0 Å². The average Bonchev–Trinajstić information content (AvgIpc) is 3.22. The number of nitrogens with zero attached hydrogens (tertiary/aromatic N) is 1. The predicted octanol–water partition coefficient (Wildman–Crippen LogP) is 2.23. The lowest BCUT2D eigenvalue weighted by atomic mass is 9.89. The highest BCUT2D eigenvalue weighted by molar-refractivity contribution is 5.88. The van der Waals surface area contributed by atoms with E-state index in [9.17, 15) is 9.59 Å². The molecule has 1 saturated carbocycles. The number of rotatable bonds is 10. The van der Waals surface area contributed by atoms with E-state index in [1.807, 2.05) is 30.5 Å². The monoisotopic (exact) mass is 495 g/mol. The molecule has 2 amide bonds. The third-order valence-electron chi connectivity index (χ3n) is 7.55. The molecule has 0 bridgehead atoms. The summed E-state index contributed by atoms with van der Waals surface area (Å²) in [4.78, 5) is 31.5. The van der Waals surface area contributed by atoms with E-state index in [4.69, 9.17) is 11.1 Å². The number of amides is 2. The third-order valence-corrected chi connectivity index (χ3v) is 7.55. The highest BCUT2D eigenvalue weighted by Gasteiger charge is 2.32. The SMILES string of the molecule is N=C(N)NCCC[C@@H]1N[C@H](CNC(=O)Cc2c[nH]c3ccccc23)CCN(CC2CCCCC2)C1=O. The normalized spacial score (nSPS) is 21.3. The van der Waals surface area contributed by atoms with Gasteiger partial charge < -0.3 is 31.6 Å². The molecule has 4 rings (SSSR count). The molecule has 36 heavy (non-hydrogen) atoms. The summed E-state index contributed by atoms with van der Waals surface area (Å²) in [5.41, 5.74) is 7.42. The van der Waals surface area contributed by atoms with Gasteiger partial charge in [0.25, 0.3) is 0 Å². The van der Waals surface area contributed by atoms with E-state index < -0.39 is 0 Å². The van der Waals surface area contributed by atoms with Crippen molar-refractivity contribution in [1.29, 1.82) is 5.41 Å². The number of aromatic nitrogens is 1. The van der Waals surface area contributed by atoms with Gasteiger partial charge in [0.05, 0.1) is 12.5 Å². The minimum absolute atomic E-state index is 0.0154. The van der Waals surface area contributed by atoms with E-state index in [0.29, 0.717) is 38.4 Å². The molecule has 2 heterocycles. The molecular formula is C27H41N7O2. The van der Waals surface area contributed by atoms with Crippen molar-refractivity contribution in [3.05, 3.63) is 36.0 Å². The zero-order valence-electron chi connectivity index (χ0n) is 21.2. The van der Waals surface area contributed by atoms with E-state index in [2.05, 4.69) is 25.8 Å². The minimum Gasteiger partial charge on any atom is -0.370 e. The van der Waals surface area contributed by atoms with Crippen LogP contribution in [0, 0.1) is 11.3 Å². The number of nitrogens with two attached hydrogens (primary N) is 1. The molecule has 196 valence electrons. The summed E-state index contributed by atoms with van der Waals surface area (Å²) in [7, 11) is 0. The molecule has 1 aliphatic carbocycles. The molecule has 9 nitrogen and oxygen atoms in total. The maximum absolute atomic E-state index is 13.5. The Morgan fingerprint density at radius 1 is 1.14 bits per heavy atom. The fourth-order valence-electron chi connectivity index (χ4n) is 5.59. The van der Waals surface area contributed by atoms with Crippen molar-refractivity contribution in [3.63, 3.8) is 0 Å². The second kappa shape index (κ2) is 12.8. The van der Waals surface area contributed by atoms with Gasteiger partial charge in [0.1, 0.15) is 0 Å². The molecule has 2 aliphatic rings. The van der Waals surface area contributed by atoms with Crippen molar-refractivity contribution in [1.82, 2.24) is 25.8 Å². The number of guanidine groups is 1. The molecule has 2 aromatic rings. The van der Waals surface area contributed by atoms with Crippen LogP contribution in [0.4, 0.5) is 0 Å². The van der Waals surface area contributed by atoms with E-state index >= 15 is 0 Å². The van der Waals surface area contributed by atoms with Crippen LogP contribution in [0.1, 0.15) is 56.9 Å². The van der Waals surface area contributed by atoms with Gasteiger partial charge in [-0.15, -0.1) is 0 Å². The quantitative estimate of drug-likeness (QED) is 0.170. The van der Waals surface area contributed by atoms with Gasteiger partial charge in [0.15, 0.2) is 5.96 Å². The van der Waals surface area contributed by atoms with E-state index in [-0.39, 0.29) is 29.9 Å². The number of nitrogens with one attached hydrogen (secondary N) is 5. The van der Waals surface area contributed by atoms with E-state index in [0.717, 1.165) is 35.9 Å². The number of H-pyrrole nitrogens is 1. The van der Waals surface area contributed by atoms with Gasteiger partial charge in [0, 0.05) is 49.3 Å². The maximum atomic E-state index is 13.5. The van der Waals surface area contributed by atoms with Crippen LogP contribution in [0.3, 0.4) is 0 Å². The zero-order chi connectivity index (χ0) is 25.3. The molecule has 2 fully saturated rings. The summed E-state index contributed by atoms with van der Waals surface area (Å²) in [6.45, 7) is 2.61. The van der Waals surface area contributed by atoms with Gasteiger partial charge in [-0.1, -0.05) is 37.5 Å². The van der Waals surface area contributed by atoms with Gasteiger partial charge in [-0.05, 0) is 49.7 Å². The molecule has 7 N–H and O–H groups in total. The van der Waals surface area contributed by atoms with Crippen molar-refractivity contribution in [2.75, 3.05) is 26.2 Å². The second-order valence-corrected chi connectivity index (χ2v) is 10.3. The number of para-hydroxylation sites is 1. The lowest BCUT2D eigenvalue weighted by Crippen LogP contribution is -2.49. The number of carbonyl (C=O) groups excluding carboxylic acids is 2. The Hall–Kier alpha value is -3.07. The molecule has 0 unspecified atom stereocenters. The Labute approximate surface area is 213 Å². The van der Waals surface area contributed by atoms with Crippen LogP contribution in [0.25, 0.3) is 10.9 Å². The smallest absolute Gasteiger partial charge is 0.239 e. The Morgan fingerprint density at radius 3 is 2.75 bits per heavy atom. The lowest BCUT2D eigenvalue weighted by Gasteiger charge is -2.30. The van der Waals surface area contributed by atoms with E-state index in [1.54, 1.807) is 0 Å². The zero-order valence-corrected chi connectivity index (χ0v) is 21.2. The Balaban J connectivity index is 1.33. The standard InChI is InChI=1S/C27H41N7O2/c28-27(29)30-13-6-11-24-26(36)34(18-19-7-2-1-3-8-19)14-12-21(33-24)17-32-25(35)15-20-16-31-23-10-5-4-9-22(20)23/h4-5,9-10,16,19,21,24,31,33H,1-3,6-8,11-15,17-18H2,(H,32,35)(H4,28,29,30)/t21-,24-/m0/s1. The summed E-state index contributed by atoms with van der Waals surface area (Å²) in [6, 6.07) is 7.73. The van der Waals surface area contributed by atoms with Crippen molar-refractivity contribution >= 4 is 28.7 Å². The van der Waals surface area contributed by atoms with Crippen LogP contribution in [-0.2, 0) is 16.0 Å². The first kappa shape index (κ1) is 26.0. The molecule has 1 aliphatic heterocycles. The molecule has 1 aromatic carbocycles. The average molecular weight is 496 g/mol. The first-order valence-corrected chi connectivity index (χ1v) is 13.4. The number of carbonyl (C=O) groups is 2. The molecule has 1 aromatic heterocycles. The Morgan fingerprint density at radius 2 is 1.94 bits per heavy atom. The molecule has 2 atom stereocenters. The summed E-state index contributed by atoms with van der Waals surface area (Å²) >= 11 is 0. The van der Waals surface area contributed by atoms with Gasteiger partial charge in [-0.25, -0.2) is 0 Å². The summed E-state index contributed by atoms with van der Waals surface area (Å²) in [6.07, 6.45) is 10.7. The number of hydrogen-bond donors (Lipinski definition) is 6. The van der Waals surface area contributed by atoms with Crippen LogP contribution in [0.2, 0.25) is 0 Å². The topological polar surface area (TPSA) is 139 Å². The van der Waals surface area contributed by atoms with Crippen molar-refractivity contribution in [2.45, 2.75) is 69.9 Å². The predicted molar refractivity (Wildman–Crippen MR) is 143 cm³/mol. The fourth-order valence-corrected chi connectivity index (χ4v) is 5.59. The molecule has 9 heteroatoms. The lowest BCUT2D eigenvalue weighted by molar-refractivity contribution is -0.133. The minimum atomic E-state index is -0.291. The first-order valence-electron chi connectivity index (χ1n) is 13.4. The van der Waals surface area contributed by atoms with Crippen molar-refractivity contribution in [3.8, 4) is 0 Å². The summed E-state index contributed by atoms with van der Waals surface area (Å²) in [5.74, 6) is 0.689. The van der Waals surface area contributed by atoms with Crippen LogP contribution >= 0.6 is 0 Å². The number of fused-ring (bicyclic) bond motifs is 1. The van der Waals surface area contributed by atoms with Crippen LogP contribution in [0.15, 0.2) is 30.5 Å².